The minimum atomic E-state index is 0.0456. The summed E-state index contributed by atoms with van der Waals surface area (Å²) in [6.45, 7) is 3.03. The maximum atomic E-state index is 5.70. The van der Waals surface area contributed by atoms with Crippen molar-refractivity contribution in [3.63, 3.8) is 0 Å². The number of nitrogens with zero attached hydrogens (tertiary/aromatic N) is 2. The van der Waals surface area contributed by atoms with Crippen LogP contribution in [-0.4, -0.2) is 29.9 Å². The van der Waals surface area contributed by atoms with Gasteiger partial charge in [0.15, 0.2) is 0 Å². The van der Waals surface area contributed by atoms with Crippen molar-refractivity contribution in [2.45, 2.75) is 38.2 Å². The summed E-state index contributed by atoms with van der Waals surface area (Å²) in [5.74, 6) is 2.14. The second-order valence-corrected chi connectivity index (χ2v) is 4.93. The van der Waals surface area contributed by atoms with E-state index in [9.17, 15) is 0 Å². The van der Waals surface area contributed by atoms with Crippen LogP contribution in [0.2, 0.25) is 0 Å². The number of hydrogen-bond donors (Lipinski definition) is 1. The molecule has 2 aliphatic heterocycles. The van der Waals surface area contributed by atoms with E-state index in [1.807, 2.05) is 0 Å². The van der Waals surface area contributed by atoms with Crippen LogP contribution >= 0.6 is 0 Å². The zero-order valence-electron chi connectivity index (χ0n) is 10.0. The first kappa shape index (κ1) is 11.2. The SMILES string of the molecule is C1COC(c2nnc(CC3CCNCC3)o2)C1. The quantitative estimate of drug-likeness (QED) is 0.862. The topological polar surface area (TPSA) is 60.2 Å². The summed E-state index contributed by atoms with van der Waals surface area (Å²) in [6, 6.07) is 0. The molecule has 1 aromatic heterocycles. The van der Waals surface area contributed by atoms with Crippen LogP contribution in [-0.2, 0) is 11.2 Å². The van der Waals surface area contributed by atoms with Gasteiger partial charge in [-0.25, -0.2) is 0 Å². The van der Waals surface area contributed by atoms with Gasteiger partial charge in [-0.05, 0) is 44.7 Å². The molecule has 0 amide bonds. The van der Waals surface area contributed by atoms with E-state index in [1.54, 1.807) is 0 Å². The van der Waals surface area contributed by atoms with Gasteiger partial charge in [0.2, 0.25) is 11.8 Å². The van der Waals surface area contributed by atoms with E-state index in [4.69, 9.17) is 9.15 Å². The standard InChI is InChI=1S/C12H19N3O2/c1-2-10(16-7-1)12-15-14-11(17-12)8-9-3-5-13-6-4-9/h9-10,13H,1-8H2. The minimum Gasteiger partial charge on any atom is -0.422 e. The third-order valence-electron chi connectivity index (χ3n) is 3.61. The number of nitrogens with one attached hydrogen (secondary N) is 1. The predicted molar refractivity (Wildman–Crippen MR) is 61.5 cm³/mol. The summed E-state index contributed by atoms with van der Waals surface area (Å²) in [4.78, 5) is 0. The first-order valence-corrected chi connectivity index (χ1v) is 6.56. The Bertz CT molecular complexity index is 354. The molecule has 0 spiro atoms. The van der Waals surface area contributed by atoms with E-state index >= 15 is 0 Å². The summed E-state index contributed by atoms with van der Waals surface area (Å²) in [6.07, 6.45) is 5.48. The summed E-state index contributed by atoms with van der Waals surface area (Å²) < 4.78 is 11.2. The molecule has 1 atom stereocenters. The monoisotopic (exact) mass is 237 g/mol. The Balaban J connectivity index is 1.59. The van der Waals surface area contributed by atoms with E-state index in [0.29, 0.717) is 11.8 Å². The average Bonchev–Trinajstić information content (AvgIpc) is 3.00. The number of rotatable bonds is 3. The maximum absolute atomic E-state index is 5.70. The zero-order chi connectivity index (χ0) is 11.5. The van der Waals surface area contributed by atoms with Crippen LogP contribution in [0.5, 0.6) is 0 Å². The Labute approximate surface area is 101 Å². The number of ether oxygens (including phenoxy) is 1. The Morgan fingerprint density at radius 1 is 1.18 bits per heavy atom. The molecule has 2 aliphatic rings. The lowest BCUT2D eigenvalue weighted by Gasteiger charge is -2.20. The maximum Gasteiger partial charge on any atom is 0.245 e. The molecule has 0 radical (unpaired) electrons. The van der Waals surface area contributed by atoms with Crippen LogP contribution in [0.1, 0.15) is 43.6 Å². The Hall–Kier alpha value is -0.940. The van der Waals surface area contributed by atoms with Crippen molar-refractivity contribution in [3.8, 4) is 0 Å². The van der Waals surface area contributed by atoms with Gasteiger partial charge in [-0.3, -0.25) is 0 Å². The van der Waals surface area contributed by atoms with Crippen molar-refractivity contribution in [1.82, 2.24) is 15.5 Å². The Morgan fingerprint density at radius 3 is 2.82 bits per heavy atom. The number of hydrogen-bond acceptors (Lipinski definition) is 5. The van der Waals surface area contributed by atoms with Crippen molar-refractivity contribution < 1.29 is 9.15 Å². The highest BCUT2D eigenvalue weighted by Gasteiger charge is 2.24. The van der Waals surface area contributed by atoms with E-state index in [-0.39, 0.29) is 6.10 Å². The third-order valence-corrected chi connectivity index (χ3v) is 3.61. The highest BCUT2D eigenvalue weighted by atomic mass is 16.5. The lowest BCUT2D eigenvalue weighted by Crippen LogP contribution is -2.28. The van der Waals surface area contributed by atoms with Crippen molar-refractivity contribution >= 4 is 0 Å². The van der Waals surface area contributed by atoms with Crippen molar-refractivity contribution in [2.24, 2.45) is 5.92 Å². The van der Waals surface area contributed by atoms with E-state index < -0.39 is 0 Å². The van der Waals surface area contributed by atoms with Gasteiger partial charge in [0, 0.05) is 13.0 Å². The average molecular weight is 237 g/mol. The molecule has 17 heavy (non-hydrogen) atoms. The van der Waals surface area contributed by atoms with E-state index in [0.717, 1.165) is 44.8 Å². The van der Waals surface area contributed by atoms with Crippen LogP contribution in [0.15, 0.2) is 4.42 Å². The highest BCUT2D eigenvalue weighted by molar-refractivity contribution is 4.90. The molecule has 1 unspecified atom stereocenters. The Kier molecular flexibility index (Phi) is 3.38. The van der Waals surface area contributed by atoms with Gasteiger partial charge < -0.3 is 14.5 Å². The van der Waals surface area contributed by atoms with Crippen LogP contribution in [0.3, 0.4) is 0 Å². The summed E-state index contributed by atoms with van der Waals surface area (Å²) in [5, 5.41) is 11.6. The van der Waals surface area contributed by atoms with Gasteiger partial charge in [0.05, 0.1) is 0 Å². The molecule has 3 heterocycles. The lowest BCUT2D eigenvalue weighted by atomic mass is 9.95. The zero-order valence-corrected chi connectivity index (χ0v) is 10.0. The van der Waals surface area contributed by atoms with Gasteiger partial charge in [-0.1, -0.05) is 0 Å². The fourth-order valence-corrected chi connectivity index (χ4v) is 2.58. The van der Waals surface area contributed by atoms with E-state index in [2.05, 4.69) is 15.5 Å². The normalized spacial score (nSPS) is 26.5. The molecule has 3 rings (SSSR count). The first-order chi connectivity index (χ1) is 8.42. The molecular formula is C12H19N3O2. The summed E-state index contributed by atoms with van der Waals surface area (Å²) in [7, 11) is 0. The molecule has 0 saturated carbocycles. The summed E-state index contributed by atoms with van der Waals surface area (Å²) >= 11 is 0. The molecule has 2 fully saturated rings. The summed E-state index contributed by atoms with van der Waals surface area (Å²) in [5.41, 5.74) is 0. The highest BCUT2D eigenvalue weighted by Crippen LogP contribution is 2.28. The van der Waals surface area contributed by atoms with Crippen LogP contribution in [0, 0.1) is 5.92 Å². The molecule has 1 N–H and O–H groups in total. The molecule has 1 aromatic rings. The van der Waals surface area contributed by atoms with E-state index in [1.165, 1.54) is 12.8 Å². The van der Waals surface area contributed by atoms with Gasteiger partial charge >= 0.3 is 0 Å². The van der Waals surface area contributed by atoms with Crippen molar-refractivity contribution in [3.05, 3.63) is 11.8 Å². The molecule has 5 heteroatoms. The molecule has 0 aromatic carbocycles. The van der Waals surface area contributed by atoms with Gasteiger partial charge in [0.1, 0.15) is 6.10 Å². The smallest absolute Gasteiger partial charge is 0.245 e. The molecule has 94 valence electrons. The number of piperidine rings is 1. The third kappa shape index (κ3) is 2.66. The Morgan fingerprint density at radius 2 is 2.06 bits per heavy atom. The number of aromatic nitrogens is 2. The minimum absolute atomic E-state index is 0.0456. The van der Waals surface area contributed by atoms with Crippen LogP contribution in [0.4, 0.5) is 0 Å². The molecular weight excluding hydrogens is 218 g/mol. The fourth-order valence-electron chi connectivity index (χ4n) is 2.58. The van der Waals surface area contributed by atoms with Gasteiger partial charge in [-0.2, -0.15) is 0 Å². The fraction of sp³-hybridized carbons (Fsp3) is 0.833. The predicted octanol–water partition coefficient (Wildman–Crippen LogP) is 1.46. The van der Waals surface area contributed by atoms with Crippen LogP contribution < -0.4 is 5.32 Å². The molecule has 2 saturated heterocycles. The first-order valence-electron chi connectivity index (χ1n) is 6.56. The van der Waals surface area contributed by atoms with Crippen molar-refractivity contribution in [1.29, 1.82) is 0 Å². The van der Waals surface area contributed by atoms with Gasteiger partial charge in [-0.15, -0.1) is 10.2 Å². The van der Waals surface area contributed by atoms with Crippen LogP contribution in [0.25, 0.3) is 0 Å². The van der Waals surface area contributed by atoms with Gasteiger partial charge in [0.25, 0.3) is 0 Å². The van der Waals surface area contributed by atoms with Crippen molar-refractivity contribution in [2.75, 3.05) is 19.7 Å². The molecule has 0 aliphatic carbocycles. The second-order valence-electron chi connectivity index (χ2n) is 4.93. The second kappa shape index (κ2) is 5.14. The lowest BCUT2D eigenvalue weighted by molar-refractivity contribution is 0.0877. The molecule has 0 bridgehead atoms. The molecule has 5 nitrogen and oxygen atoms in total. The largest absolute Gasteiger partial charge is 0.422 e.